The van der Waals surface area contributed by atoms with E-state index < -0.39 is 5.82 Å². The Morgan fingerprint density at radius 1 is 1.24 bits per heavy atom. The second-order valence-electron chi connectivity index (χ2n) is 3.35. The van der Waals surface area contributed by atoms with Crippen molar-refractivity contribution in [3.8, 4) is 11.6 Å². The second kappa shape index (κ2) is 5.23. The first-order valence-electron chi connectivity index (χ1n) is 5.13. The molecule has 1 aromatic heterocycles. The third kappa shape index (κ3) is 2.79. The average molecular weight is 297 g/mol. The summed E-state index contributed by atoms with van der Waals surface area (Å²) in [5.74, 6) is -0.00931. The zero-order valence-electron chi connectivity index (χ0n) is 9.15. The van der Waals surface area contributed by atoms with Crippen molar-refractivity contribution in [1.82, 2.24) is 9.97 Å². The highest BCUT2D eigenvalue weighted by atomic mass is 79.9. The molecule has 88 valence electrons. The van der Waals surface area contributed by atoms with Gasteiger partial charge in [-0.3, -0.25) is 0 Å². The molecule has 0 radical (unpaired) electrons. The number of benzene rings is 1. The Morgan fingerprint density at radius 3 is 2.59 bits per heavy atom. The fraction of sp³-hybridized carbons (Fsp3) is 0.167. The average Bonchev–Trinajstić information content (AvgIpc) is 2.35. The van der Waals surface area contributed by atoms with E-state index in [-0.39, 0.29) is 5.88 Å². The quantitative estimate of drug-likeness (QED) is 0.865. The number of aromatic nitrogens is 2. The molecule has 5 heteroatoms. The highest BCUT2D eigenvalue weighted by Crippen LogP contribution is 2.24. The molecule has 0 N–H and O–H groups in total. The molecule has 1 heterocycles. The monoisotopic (exact) mass is 296 g/mol. The van der Waals surface area contributed by atoms with E-state index in [0.29, 0.717) is 17.9 Å². The molecule has 0 aliphatic rings. The highest BCUT2D eigenvalue weighted by molar-refractivity contribution is 9.10. The summed E-state index contributed by atoms with van der Waals surface area (Å²) in [6.07, 6.45) is 1.81. The summed E-state index contributed by atoms with van der Waals surface area (Å²) in [5.41, 5.74) is 0.354. The molecule has 0 saturated heterocycles. The van der Waals surface area contributed by atoms with Crippen LogP contribution in [0, 0.1) is 5.82 Å². The van der Waals surface area contributed by atoms with Crippen LogP contribution in [0.2, 0.25) is 0 Å². The molecule has 0 amide bonds. The fourth-order valence-corrected chi connectivity index (χ4v) is 1.58. The van der Waals surface area contributed by atoms with Gasteiger partial charge in [0.25, 0.3) is 5.88 Å². The van der Waals surface area contributed by atoms with Crippen molar-refractivity contribution in [2.45, 2.75) is 13.3 Å². The van der Waals surface area contributed by atoms with E-state index in [2.05, 4.69) is 25.9 Å². The van der Waals surface area contributed by atoms with Crippen LogP contribution in [-0.4, -0.2) is 9.97 Å². The molecule has 0 aliphatic heterocycles. The van der Waals surface area contributed by atoms with E-state index >= 15 is 0 Å². The predicted molar refractivity (Wildman–Crippen MR) is 65.6 cm³/mol. The summed E-state index contributed by atoms with van der Waals surface area (Å²) >= 11 is 3.31. The summed E-state index contributed by atoms with van der Waals surface area (Å²) in [6.45, 7) is 1.83. The minimum Gasteiger partial charge on any atom is -0.436 e. The van der Waals surface area contributed by atoms with Crippen LogP contribution in [0.4, 0.5) is 4.39 Å². The zero-order valence-corrected chi connectivity index (χ0v) is 10.7. The maximum Gasteiger partial charge on any atom is 0.259 e. The molecule has 0 fully saturated rings. The summed E-state index contributed by atoms with van der Waals surface area (Å²) < 4.78 is 20.1. The third-order valence-electron chi connectivity index (χ3n) is 2.19. The number of rotatable bonds is 3. The van der Waals surface area contributed by atoms with Crippen LogP contribution >= 0.6 is 15.9 Å². The summed E-state index contributed by atoms with van der Waals surface area (Å²) in [6, 6.07) is 7.10. The van der Waals surface area contributed by atoms with Crippen molar-refractivity contribution in [3.05, 3.63) is 46.6 Å². The Bertz CT molecular complexity index is 516. The van der Waals surface area contributed by atoms with E-state index in [9.17, 15) is 4.39 Å². The lowest BCUT2D eigenvalue weighted by molar-refractivity contribution is 0.415. The highest BCUT2D eigenvalue weighted by Gasteiger charge is 2.11. The summed E-state index contributed by atoms with van der Waals surface area (Å²) in [7, 11) is 0. The van der Waals surface area contributed by atoms with Gasteiger partial charge in [-0.15, -0.1) is 0 Å². The van der Waals surface area contributed by atoms with Crippen molar-refractivity contribution in [1.29, 1.82) is 0 Å². The van der Waals surface area contributed by atoms with Crippen molar-refractivity contribution >= 4 is 15.9 Å². The van der Waals surface area contributed by atoms with Crippen molar-refractivity contribution in [2.24, 2.45) is 0 Å². The topological polar surface area (TPSA) is 35.0 Å². The first-order chi connectivity index (χ1) is 8.20. The second-order valence-corrected chi connectivity index (χ2v) is 4.26. The molecule has 1 aromatic carbocycles. The minimum absolute atomic E-state index is 0.0424. The first-order valence-corrected chi connectivity index (χ1v) is 5.92. The zero-order chi connectivity index (χ0) is 12.3. The number of ether oxygens (including phenoxy) is 1. The molecule has 0 atom stereocenters. The van der Waals surface area contributed by atoms with Gasteiger partial charge < -0.3 is 4.74 Å². The van der Waals surface area contributed by atoms with Crippen molar-refractivity contribution in [3.63, 3.8) is 0 Å². The Hall–Kier alpha value is -1.49. The van der Waals surface area contributed by atoms with Gasteiger partial charge in [0, 0.05) is 4.47 Å². The Balaban J connectivity index is 2.27. The van der Waals surface area contributed by atoms with E-state index in [0.717, 1.165) is 4.47 Å². The van der Waals surface area contributed by atoms with Crippen molar-refractivity contribution < 1.29 is 9.13 Å². The van der Waals surface area contributed by atoms with Gasteiger partial charge in [-0.25, -0.2) is 4.98 Å². The van der Waals surface area contributed by atoms with Gasteiger partial charge in [-0.2, -0.15) is 9.37 Å². The Morgan fingerprint density at radius 2 is 1.94 bits per heavy atom. The lowest BCUT2D eigenvalue weighted by atomic mass is 10.3. The predicted octanol–water partition coefficient (Wildman–Crippen LogP) is 3.73. The maximum atomic E-state index is 13.8. The molecule has 3 nitrogen and oxygen atoms in total. The van der Waals surface area contributed by atoms with E-state index in [4.69, 9.17) is 4.74 Å². The van der Waals surface area contributed by atoms with E-state index in [1.807, 2.05) is 19.1 Å². The fourth-order valence-electron chi connectivity index (χ4n) is 1.32. The lowest BCUT2D eigenvalue weighted by Gasteiger charge is -2.07. The number of halogens is 2. The summed E-state index contributed by atoms with van der Waals surface area (Å²) in [5, 5.41) is 0. The van der Waals surface area contributed by atoms with Gasteiger partial charge in [-0.1, -0.05) is 22.9 Å². The lowest BCUT2D eigenvalue weighted by Crippen LogP contribution is -1.99. The first kappa shape index (κ1) is 12.0. The van der Waals surface area contributed by atoms with Gasteiger partial charge in [0.1, 0.15) is 12.1 Å². The summed E-state index contributed by atoms with van der Waals surface area (Å²) in [4.78, 5) is 7.62. The molecule has 0 saturated carbocycles. The molecule has 0 bridgehead atoms. The molecule has 2 rings (SSSR count). The Kier molecular flexibility index (Phi) is 3.68. The smallest absolute Gasteiger partial charge is 0.259 e. The number of hydrogen-bond donors (Lipinski definition) is 0. The SMILES string of the molecule is CCc1ncnc(Oc2ccc(Br)cc2)c1F. The number of hydrogen-bond acceptors (Lipinski definition) is 3. The molecule has 0 spiro atoms. The number of aryl methyl sites for hydroxylation is 1. The molecular formula is C12H10BrFN2O. The number of nitrogens with zero attached hydrogens (tertiary/aromatic N) is 2. The van der Waals surface area contributed by atoms with Crippen LogP contribution in [0.1, 0.15) is 12.6 Å². The molecule has 0 unspecified atom stereocenters. The Labute approximate surface area is 107 Å². The van der Waals surface area contributed by atoms with E-state index in [1.165, 1.54) is 6.33 Å². The van der Waals surface area contributed by atoms with Crippen LogP contribution in [0.25, 0.3) is 0 Å². The molecule has 0 aliphatic carbocycles. The van der Waals surface area contributed by atoms with Gasteiger partial charge in [0.05, 0.1) is 5.69 Å². The van der Waals surface area contributed by atoms with Crippen molar-refractivity contribution in [2.75, 3.05) is 0 Å². The van der Waals surface area contributed by atoms with Gasteiger partial charge in [0.15, 0.2) is 0 Å². The maximum absolute atomic E-state index is 13.8. The standard InChI is InChI=1S/C12H10BrFN2O/c1-2-10-11(14)12(16-7-15-10)17-9-5-3-8(13)4-6-9/h3-7H,2H2,1H3. The third-order valence-corrected chi connectivity index (χ3v) is 2.72. The molecule has 2 aromatic rings. The molecule has 17 heavy (non-hydrogen) atoms. The van der Waals surface area contributed by atoms with Gasteiger partial charge >= 0.3 is 0 Å². The minimum atomic E-state index is -0.502. The largest absolute Gasteiger partial charge is 0.436 e. The molecular weight excluding hydrogens is 287 g/mol. The normalized spacial score (nSPS) is 10.3. The van der Waals surface area contributed by atoms with Crippen LogP contribution in [-0.2, 0) is 6.42 Å². The van der Waals surface area contributed by atoms with Gasteiger partial charge in [-0.05, 0) is 30.7 Å². The van der Waals surface area contributed by atoms with Gasteiger partial charge in [0.2, 0.25) is 5.82 Å². The van der Waals surface area contributed by atoms with Crippen LogP contribution in [0.15, 0.2) is 35.1 Å². The van der Waals surface area contributed by atoms with Crippen LogP contribution in [0.5, 0.6) is 11.6 Å². The van der Waals surface area contributed by atoms with Crippen LogP contribution < -0.4 is 4.74 Å². The van der Waals surface area contributed by atoms with Crippen LogP contribution in [0.3, 0.4) is 0 Å². The van der Waals surface area contributed by atoms with E-state index in [1.54, 1.807) is 12.1 Å².